The maximum absolute atomic E-state index is 13.5. The summed E-state index contributed by atoms with van der Waals surface area (Å²) in [6, 6.07) is 18.7. The summed E-state index contributed by atoms with van der Waals surface area (Å²) in [5.41, 5.74) is 2.89. The van der Waals surface area contributed by atoms with Gasteiger partial charge in [0.25, 0.3) is 0 Å². The number of benzene rings is 2. The third kappa shape index (κ3) is 5.47. The number of amides is 2. The molecule has 2 heterocycles. The number of nitrogens with one attached hydrogen (secondary N) is 1. The Morgan fingerprint density at radius 2 is 1.76 bits per heavy atom. The fourth-order valence-corrected chi connectivity index (χ4v) is 6.97. The molecule has 0 spiro atoms. The molecule has 0 saturated carbocycles. The van der Waals surface area contributed by atoms with Crippen LogP contribution in [0.5, 0.6) is 0 Å². The van der Waals surface area contributed by atoms with Gasteiger partial charge in [-0.3, -0.25) is 14.5 Å². The molecule has 1 aliphatic carbocycles. The first-order valence-corrected chi connectivity index (χ1v) is 14.1. The second-order valence-electron chi connectivity index (χ2n) is 8.73. The number of amidine groups is 1. The number of esters is 1. The molecule has 1 fully saturated rings. The van der Waals surface area contributed by atoms with Gasteiger partial charge in [0.15, 0.2) is 5.17 Å². The normalized spacial score (nSPS) is 18.1. The monoisotopic (exact) mass is 533 g/mol. The lowest BCUT2D eigenvalue weighted by Gasteiger charge is -2.16. The van der Waals surface area contributed by atoms with Crippen LogP contribution in [0.3, 0.4) is 0 Å². The first kappa shape index (κ1) is 25.2. The van der Waals surface area contributed by atoms with Gasteiger partial charge in [0.2, 0.25) is 11.8 Å². The molecule has 7 nitrogen and oxygen atoms in total. The van der Waals surface area contributed by atoms with E-state index in [1.54, 1.807) is 11.8 Å². The summed E-state index contributed by atoms with van der Waals surface area (Å²) in [7, 11) is 0. The van der Waals surface area contributed by atoms with Gasteiger partial charge in [-0.05, 0) is 62.4 Å². The molecule has 9 heteroatoms. The van der Waals surface area contributed by atoms with Gasteiger partial charge < -0.3 is 10.1 Å². The fraction of sp³-hybridized carbons (Fsp3) is 0.286. The number of carbonyl (C=O) groups excluding carboxylic acids is 3. The van der Waals surface area contributed by atoms with E-state index in [9.17, 15) is 14.4 Å². The average Bonchev–Trinajstić information content (AvgIpc) is 3.41. The van der Waals surface area contributed by atoms with E-state index in [0.717, 1.165) is 41.8 Å². The molecule has 1 aliphatic heterocycles. The minimum atomic E-state index is -0.636. The maximum Gasteiger partial charge on any atom is 0.341 e. The Morgan fingerprint density at radius 3 is 2.49 bits per heavy atom. The van der Waals surface area contributed by atoms with Crippen LogP contribution in [0.15, 0.2) is 65.7 Å². The number of thiophene rings is 1. The Hall–Kier alpha value is -3.43. The summed E-state index contributed by atoms with van der Waals surface area (Å²) in [4.78, 5) is 46.8. The second kappa shape index (κ2) is 11.3. The number of aliphatic imine (C=N–C) groups is 1. The highest BCUT2D eigenvalue weighted by atomic mass is 32.2. The number of ether oxygens (including phenoxy) is 1. The van der Waals surface area contributed by atoms with E-state index in [-0.39, 0.29) is 24.8 Å². The Labute approximate surface area is 223 Å². The number of carbonyl (C=O) groups is 3. The number of rotatable bonds is 7. The van der Waals surface area contributed by atoms with Gasteiger partial charge in [-0.1, -0.05) is 48.2 Å². The molecule has 1 atom stereocenters. The van der Waals surface area contributed by atoms with E-state index in [2.05, 4.69) is 5.32 Å². The predicted octanol–water partition coefficient (Wildman–Crippen LogP) is 5.97. The largest absolute Gasteiger partial charge is 0.462 e. The molecule has 5 rings (SSSR count). The second-order valence-corrected chi connectivity index (χ2v) is 11.0. The van der Waals surface area contributed by atoms with Gasteiger partial charge in [0.05, 0.1) is 23.5 Å². The van der Waals surface area contributed by atoms with Crippen molar-refractivity contribution < 1.29 is 19.1 Å². The smallest absolute Gasteiger partial charge is 0.341 e. The molecule has 0 unspecified atom stereocenters. The van der Waals surface area contributed by atoms with Gasteiger partial charge in [-0.2, -0.15) is 0 Å². The third-order valence-electron chi connectivity index (χ3n) is 6.20. The highest BCUT2D eigenvalue weighted by Crippen LogP contribution is 2.40. The van der Waals surface area contributed by atoms with Crippen molar-refractivity contribution in [1.29, 1.82) is 0 Å². The zero-order valence-electron chi connectivity index (χ0n) is 20.4. The van der Waals surface area contributed by atoms with E-state index in [4.69, 9.17) is 9.73 Å². The summed E-state index contributed by atoms with van der Waals surface area (Å²) >= 11 is 2.72. The zero-order chi connectivity index (χ0) is 25.8. The Kier molecular flexibility index (Phi) is 7.71. The van der Waals surface area contributed by atoms with Crippen molar-refractivity contribution in [1.82, 2.24) is 0 Å². The first-order valence-electron chi connectivity index (χ1n) is 12.4. The molecule has 1 saturated heterocycles. The Balaban J connectivity index is 1.38. The summed E-state index contributed by atoms with van der Waals surface area (Å²) < 4.78 is 5.29. The Morgan fingerprint density at radius 1 is 1.05 bits per heavy atom. The van der Waals surface area contributed by atoms with Crippen LogP contribution in [-0.4, -0.2) is 34.8 Å². The van der Waals surface area contributed by atoms with E-state index in [1.165, 1.54) is 23.1 Å². The van der Waals surface area contributed by atoms with Crippen LogP contribution in [0, 0.1) is 0 Å². The van der Waals surface area contributed by atoms with Gasteiger partial charge in [0.1, 0.15) is 10.3 Å². The van der Waals surface area contributed by atoms with Gasteiger partial charge in [0, 0.05) is 11.3 Å². The lowest BCUT2D eigenvalue weighted by Crippen LogP contribution is -2.33. The molecule has 37 heavy (non-hydrogen) atoms. The number of para-hydroxylation sites is 2. The molecular weight excluding hydrogens is 506 g/mol. The van der Waals surface area contributed by atoms with Crippen molar-refractivity contribution in [2.24, 2.45) is 4.99 Å². The standard InChI is InChI=1S/C28H27N3O4S2/c1-2-35-27(34)24-20-15-9-10-16-21(20)36-25(24)30-23(32)17-22-26(33)31(19-13-7-4-8-14-19)28(37-22)29-18-11-5-3-6-12-18/h3-8,11-14,22H,2,9-10,15-17H2,1H3,(H,30,32)/t22-/m1/s1. The SMILES string of the molecule is CCOC(=O)c1c(NC(=O)C[C@H]2SC(=Nc3ccccc3)N(c3ccccc3)C2=O)sc2c1CCCC2. The molecule has 2 amide bonds. The molecule has 0 radical (unpaired) electrons. The summed E-state index contributed by atoms with van der Waals surface area (Å²) in [6.07, 6.45) is 3.74. The van der Waals surface area contributed by atoms with Crippen molar-refractivity contribution in [3.8, 4) is 0 Å². The van der Waals surface area contributed by atoms with E-state index in [0.29, 0.717) is 21.4 Å². The van der Waals surface area contributed by atoms with Crippen molar-refractivity contribution >= 4 is 62.4 Å². The molecule has 1 N–H and O–H groups in total. The minimum absolute atomic E-state index is 0.0362. The summed E-state index contributed by atoms with van der Waals surface area (Å²) in [5, 5.41) is 3.34. The van der Waals surface area contributed by atoms with Gasteiger partial charge >= 0.3 is 5.97 Å². The van der Waals surface area contributed by atoms with Crippen LogP contribution in [-0.2, 0) is 27.2 Å². The van der Waals surface area contributed by atoms with Crippen molar-refractivity contribution in [2.75, 3.05) is 16.8 Å². The summed E-state index contributed by atoms with van der Waals surface area (Å²) in [5.74, 6) is -0.919. The molecule has 1 aromatic heterocycles. The Bertz CT molecular complexity index is 1340. The molecule has 2 aromatic carbocycles. The number of hydrogen-bond acceptors (Lipinski definition) is 7. The van der Waals surface area contributed by atoms with Crippen LogP contribution in [0.25, 0.3) is 0 Å². The number of nitrogens with zero attached hydrogens (tertiary/aromatic N) is 2. The van der Waals surface area contributed by atoms with Crippen LogP contribution in [0.1, 0.15) is 47.0 Å². The predicted molar refractivity (Wildman–Crippen MR) is 149 cm³/mol. The van der Waals surface area contributed by atoms with Gasteiger partial charge in [-0.25, -0.2) is 9.79 Å². The first-order chi connectivity index (χ1) is 18.0. The highest BCUT2D eigenvalue weighted by Gasteiger charge is 2.40. The van der Waals surface area contributed by atoms with Crippen molar-refractivity contribution in [2.45, 2.75) is 44.3 Å². The van der Waals surface area contributed by atoms with Crippen molar-refractivity contribution in [3.05, 3.63) is 76.7 Å². The van der Waals surface area contributed by atoms with Crippen LogP contribution < -0.4 is 10.2 Å². The van der Waals surface area contributed by atoms with Crippen LogP contribution in [0.2, 0.25) is 0 Å². The van der Waals surface area contributed by atoms with Crippen LogP contribution in [0.4, 0.5) is 16.4 Å². The molecule has 0 bridgehead atoms. The number of anilines is 2. The van der Waals surface area contributed by atoms with Gasteiger partial charge in [-0.15, -0.1) is 11.3 Å². The maximum atomic E-state index is 13.5. The van der Waals surface area contributed by atoms with E-state index >= 15 is 0 Å². The number of fused-ring (bicyclic) bond motifs is 1. The quantitative estimate of drug-likeness (QED) is 0.378. The summed E-state index contributed by atoms with van der Waals surface area (Å²) in [6.45, 7) is 2.04. The lowest BCUT2D eigenvalue weighted by molar-refractivity contribution is -0.121. The third-order valence-corrected chi connectivity index (χ3v) is 8.55. The topological polar surface area (TPSA) is 88.1 Å². The van der Waals surface area contributed by atoms with E-state index < -0.39 is 11.2 Å². The van der Waals surface area contributed by atoms with Crippen molar-refractivity contribution in [3.63, 3.8) is 0 Å². The molecular formula is C28H27N3O4S2. The highest BCUT2D eigenvalue weighted by molar-refractivity contribution is 8.16. The minimum Gasteiger partial charge on any atom is -0.462 e. The number of hydrogen-bond donors (Lipinski definition) is 1. The fourth-order valence-electron chi connectivity index (χ4n) is 4.52. The molecule has 190 valence electrons. The van der Waals surface area contributed by atoms with E-state index in [1.807, 2.05) is 60.7 Å². The zero-order valence-corrected chi connectivity index (χ0v) is 22.1. The molecule has 2 aliphatic rings. The molecule has 3 aromatic rings. The lowest BCUT2D eigenvalue weighted by atomic mass is 9.95. The number of thioether (sulfide) groups is 1. The number of aryl methyl sites for hydroxylation is 1. The van der Waals surface area contributed by atoms with Crippen LogP contribution >= 0.6 is 23.1 Å². The average molecular weight is 534 g/mol.